The van der Waals surface area contributed by atoms with Crippen LogP contribution in [0, 0.1) is 11.3 Å². The third kappa shape index (κ3) is 2.40. The smallest absolute Gasteiger partial charge is 0.313 e. The van der Waals surface area contributed by atoms with E-state index < -0.39 is 11.6 Å². The Balaban J connectivity index is 2.63. The third-order valence-corrected chi connectivity index (χ3v) is 2.89. The van der Waals surface area contributed by atoms with Gasteiger partial charge in [-0.25, -0.2) is 4.79 Å². The van der Waals surface area contributed by atoms with Crippen molar-refractivity contribution in [2.75, 3.05) is 0 Å². The van der Waals surface area contributed by atoms with Crippen LogP contribution in [-0.2, 0) is 5.54 Å². The molecule has 0 heterocycles. The molecule has 2 amide bonds. The number of nitrogens with zero attached hydrogens (tertiary/aromatic N) is 1. The zero-order valence-electron chi connectivity index (χ0n) is 10.2. The van der Waals surface area contributed by atoms with Gasteiger partial charge in [0.25, 0.3) is 0 Å². The van der Waals surface area contributed by atoms with Crippen LogP contribution in [0.1, 0.15) is 11.1 Å². The zero-order chi connectivity index (χ0) is 13.7. The van der Waals surface area contributed by atoms with Gasteiger partial charge in [-0.1, -0.05) is 60.7 Å². The molecule has 0 aromatic heterocycles. The number of hydrogen-bond acceptors (Lipinski definition) is 2. The van der Waals surface area contributed by atoms with Crippen molar-refractivity contribution in [3.8, 4) is 6.07 Å². The summed E-state index contributed by atoms with van der Waals surface area (Å²) in [5.74, 6) is 0. The van der Waals surface area contributed by atoms with Crippen LogP contribution in [-0.4, -0.2) is 6.03 Å². The fraction of sp³-hybridized carbons (Fsp3) is 0.0667. The van der Waals surface area contributed by atoms with E-state index in [0.29, 0.717) is 11.1 Å². The number of rotatable bonds is 3. The van der Waals surface area contributed by atoms with Crippen LogP contribution in [0.4, 0.5) is 4.79 Å². The molecule has 0 aliphatic heterocycles. The van der Waals surface area contributed by atoms with Crippen LogP contribution in [0.5, 0.6) is 0 Å². The van der Waals surface area contributed by atoms with Crippen molar-refractivity contribution in [2.45, 2.75) is 5.54 Å². The number of nitrogens with two attached hydrogens (primary N) is 1. The van der Waals surface area contributed by atoms with E-state index in [9.17, 15) is 10.1 Å². The van der Waals surface area contributed by atoms with Crippen molar-refractivity contribution in [3.05, 3.63) is 71.8 Å². The molecule has 0 atom stereocenters. The summed E-state index contributed by atoms with van der Waals surface area (Å²) < 4.78 is 0. The highest BCUT2D eigenvalue weighted by Gasteiger charge is 2.35. The Kier molecular flexibility index (Phi) is 3.48. The second kappa shape index (κ2) is 5.23. The SMILES string of the molecule is N#CC(NC(N)=O)(c1ccccc1)c1ccccc1. The minimum atomic E-state index is -1.27. The summed E-state index contributed by atoms with van der Waals surface area (Å²) in [7, 11) is 0. The maximum atomic E-state index is 11.3. The summed E-state index contributed by atoms with van der Waals surface area (Å²) in [6.07, 6.45) is 0. The molecule has 0 aliphatic carbocycles. The lowest BCUT2D eigenvalue weighted by molar-refractivity contribution is 0.243. The lowest BCUT2D eigenvalue weighted by Crippen LogP contribution is -2.48. The first-order chi connectivity index (χ1) is 9.19. The van der Waals surface area contributed by atoms with E-state index >= 15 is 0 Å². The van der Waals surface area contributed by atoms with E-state index in [1.54, 1.807) is 24.3 Å². The fourth-order valence-corrected chi connectivity index (χ4v) is 2.03. The van der Waals surface area contributed by atoms with Crippen LogP contribution >= 0.6 is 0 Å². The first-order valence-corrected chi connectivity index (χ1v) is 5.79. The fourth-order valence-electron chi connectivity index (χ4n) is 2.03. The molecule has 0 radical (unpaired) electrons. The van der Waals surface area contributed by atoms with Gasteiger partial charge in [0.05, 0.1) is 0 Å². The molecule has 0 saturated heterocycles. The minimum Gasteiger partial charge on any atom is -0.352 e. The Labute approximate surface area is 111 Å². The van der Waals surface area contributed by atoms with E-state index in [1.165, 1.54) is 0 Å². The van der Waals surface area contributed by atoms with Crippen molar-refractivity contribution < 1.29 is 4.79 Å². The topological polar surface area (TPSA) is 78.9 Å². The monoisotopic (exact) mass is 251 g/mol. The molecule has 0 saturated carbocycles. The van der Waals surface area contributed by atoms with Gasteiger partial charge >= 0.3 is 6.03 Å². The van der Waals surface area contributed by atoms with Gasteiger partial charge in [0.1, 0.15) is 6.07 Å². The van der Waals surface area contributed by atoms with E-state index in [0.717, 1.165) is 0 Å². The normalized spacial score (nSPS) is 10.5. The van der Waals surface area contributed by atoms with E-state index in [2.05, 4.69) is 11.4 Å². The van der Waals surface area contributed by atoms with Crippen molar-refractivity contribution in [3.63, 3.8) is 0 Å². The molecule has 0 spiro atoms. The van der Waals surface area contributed by atoms with Gasteiger partial charge in [-0.15, -0.1) is 0 Å². The molecule has 94 valence electrons. The summed E-state index contributed by atoms with van der Waals surface area (Å²) in [5, 5.41) is 12.2. The molecule has 19 heavy (non-hydrogen) atoms. The van der Waals surface area contributed by atoms with Crippen LogP contribution in [0.3, 0.4) is 0 Å². The van der Waals surface area contributed by atoms with E-state index in [-0.39, 0.29) is 0 Å². The Morgan fingerprint density at radius 1 is 1.00 bits per heavy atom. The van der Waals surface area contributed by atoms with Gasteiger partial charge in [-0.05, 0) is 11.1 Å². The Bertz CT molecular complexity index is 563. The molecule has 0 fully saturated rings. The summed E-state index contributed by atoms with van der Waals surface area (Å²) in [6, 6.07) is 19.5. The molecule has 0 unspecified atom stereocenters. The Morgan fingerprint density at radius 3 is 1.74 bits per heavy atom. The number of nitrogens with one attached hydrogen (secondary N) is 1. The number of hydrogen-bond donors (Lipinski definition) is 2. The molecular weight excluding hydrogens is 238 g/mol. The number of nitriles is 1. The highest BCUT2D eigenvalue weighted by atomic mass is 16.2. The largest absolute Gasteiger partial charge is 0.352 e. The number of carbonyl (C=O) groups is 1. The lowest BCUT2D eigenvalue weighted by Gasteiger charge is -2.28. The number of urea groups is 1. The van der Waals surface area contributed by atoms with Gasteiger partial charge in [0, 0.05) is 0 Å². The minimum absolute atomic E-state index is 0.669. The standard InChI is InChI=1S/C15H13N3O/c16-11-15(18-14(17)19,12-7-3-1-4-8-12)13-9-5-2-6-10-13/h1-10H,(H3,17,18,19). The Morgan fingerprint density at radius 2 is 1.42 bits per heavy atom. The van der Waals surface area contributed by atoms with E-state index in [4.69, 9.17) is 5.73 Å². The van der Waals surface area contributed by atoms with Crippen molar-refractivity contribution >= 4 is 6.03 Å². The van der Waals surface area contributed by atoms with Crippen molar-refractivity contribution in [2.24, 2.45) is 5.73 Å². The van der Waals surface area contributed by atoms with Crippen molar-refractivity contribution in [1.82, 2.24) is 5.32 Å². The average molecular weight is 251 g/mol. The van der Waals surface area contributed by atoms with E-state index in [1.807, 2.05) is 36.4 Å². The highest BCUT2D eigenvalue weighted by molar-refractivity contribution is 5.75. The molecule has 0 aliphatic rings. The lowest BCUT2D eigenvalue weighted by atomic mass is 9.84. The van der Waals surface area contributed by atoms with Crippen LogP contribution < -0.4 is 11.1 Å². The average Bonchev–Trinajstić information content (AvgIpc) is 2.46. The van der Waals surface area contributed by atoms with Crippen LogP contribution in [0.15, 0.2) is 60.7 Å². The molecule has 2 rings (SSSR count). The van der Waals surface area contributed by atoms with Crippen molar-refractivity contribution in [1.29, 1.82) is 5.26 Å². The first kappa shape index (κ1) is 12.7. The number of carbonyl (C=O) groups excluding carboxylic acids is 1. The summed E-state index contributed by atoms with van der Waals surface area (Å²) in [6.45, 7) is 0. The predicted molar refractivity (Wildman–Crippen MR) is 72.0 cm³/mol. The number of primary amides is 1. The Hall–Kier alpha value is -2.80. The van der Waals surface area contributed by atoms with Gasteiger partial charge in [-0.3, -0.25) is 0 Å². The quantitative estimate of drug-likeness (QED) is 0.876. The molecule has 4 nitrogen and oxygen atoms in total. The van der Waals surface area contributed by atoms with Gasteiger partial charge in [0.15, 0.2) is 5.54 Å². The van der Waals surface area contributed by atoms with Gasteiger partial charge in [0.2, 0.25) is 0 Å². The predicted octanol–water partition coefficient (Wildman–Crippen LogP) is 2.12. The van der Waals surface area contributed by atoms with Gasteiger partial charge in [-0.2, -0.15) is 5.26 Å². The number of amides is 2. The molecule has 2 aromatic carbocycles. The molecule has 0 bridgehead atoms. The summed E-state index contributed by atoms with van der Waals surface area (Å²) >= 11 is 0. The van der Waals surface area contributed by atoms with Gasteiger partial charge < -0.3 is 11.1 Å². The van der Waals surface area contributed by atoms with Crippen LogP contribution in [0.25, 0.3) is 0 Å². The molecule has 2 aromatic rings. The maximum absolute atomic E-state index is 11.3. The first-order valence-electron chi connectivity index (χ1n) is 5.79. The second-order valence-corrected chi connectivity index (χ2v) is 4.08. The number of benzene rings is 2. The molecular formula is C15H13N3O. The zero-order valence-corrected chi connectivity index (χ0v) is 10.2. The molecule has 3 N–H and O–H groups in total. The highest BCUT2D eigenvalue weighted by Crippen LogP contribution is 2.28. The second-order valence-electron chi connectivity index (χ2n) is 4.08. The summed E-state index contributed by atoms with van der Waals surface area (Å²) in [5.41, 5.74) is 5.30. The third-order valence-electron chi connectivity index (χ3n) is 2.89. The van der Waals surface area contributed by atoms with Crippen LogP contribution in [0.2, 0.25) is 0 Å². The maximum Gasteiger partial charge on any atom is 0.313 e. The molecule has 4 heteroatoms. The summed E-state index contributed by atoms with van der Waals surface area (Å²) in [4.78, 5) is 11.3.